The van der Waals surface area contributed by atoms with E-state index in [1.54, 1.807) is 0 Å². The van der Waals surface area contributed by atoms with Crippen molar-refractivity contribution < 1.29 is 0 Å². The van der Waals surface area contributed by atoms with Crippen molar-refractivity contribution in [2.75, 3.05) is 14.1 Å². The van der Waals surface area contributed by atoms with E-state index in [1.165, 1.54) is 0 Å². The Kier molecular flexibility index (Phi) is 2.94. The van der Waals surface area contributed by atoms with Gasteiger partial charge >= 0.3 is 0 Å². The van der Waals surface area contributed by atoms with E-state index in [9.17, 15) is 0 Å². The van der Waals surface area contributed by atoms with Crippen LogP contribution in [0.2, 0.25) is 0 Å². The third-order valence-corrected chi connectivity index (χ3v) is 3.37. The Labute approximate surface area is 80.7 Å². The molecule has 0 bridgehead atoms. The molecule has 0 spiro atoms. The van der Waals surface area contributed by atoms with Gasteiger partial charge in [-0.3, -0.25) is 0 Å². The van der Waals surface area contributed by atoms with Crippen molar-refractivity contribution in [1.82, 2.24) is 10.2 Å². The maximum absolute atomic E-state index is 9.13. The zero-order valence-electron chi connectivity index (χ0n) is 8.96. The summed E-state index contributed by atoms with van der Waals surface area (Å²) in [6.45, 7) is 4.36. The molecule has 0 aliphatic carbocycles. The summed E-state index contributed by atoms with van der Waals surface area (Å²) < 4.78 is 0. The van der Waals surface area contributed by atoms with Gasteiger partial charge in [0.15, 0.2) is 0 Å². The first kappa shape index (κ1) is 10.5. The van der Waals surface area contributed by atoms with Gasteiger partial charge in [-0.1, -0.05) is 0 Å². The molecule has 0 saturated carbocycles. The zero-order chi connectivity index (χ0) is 10.1. The van der Waals surface area contributed by atoms with Crippen molar-refractivity contribution in [2.24, 2.45) is 0 Å². The van der Waals surface area contributed by atoms with Crippen LogP contribution < -0.4 is 5.32 Å². The number of piperidine rings is 1. The Bertz CT molecular complexity index is 207. The minimum Gasteiger partial charge on any atom is -0.302 e. The Morgan fingerprint density at radius 2 is 1.85 bits per heavy atom. The lowest BCUT2D eigenvalue weighted by atomic mass is 9.81. The molecule has 2 atom stereocenters. The van der Waals surface area contributed by atoms with Crippen molar-refractivity contribution in [3.63, 3.8) is 0 Å². The highest BCUT2D eigenvalue weighted by molar-refractivity contribution is 5.12. The van der Waals surface area contributed by atoms with E-state index in [2.05, 4.69) is 37.2 Å². The lowest BCUT2D eigenvalue weighted by Crippen LogP contribution is -2.57. The van der Waals surface area contributed by atoms with Crippen molar-refractivity contribution in [2.45, 2.75) is 44.3 Å². The van der Waals surface area contributed by atoms with Crippen LogP contribution in [0.4, 0.5) is 0 Å². The van der Waals surface area contributed by atoms with E-state index in [4.69, 9.17) is 5.26 Å². The van der Waals surface area contributed by atoms with Crippen LogP contribution in [0.5, 0.6) is 0 Å². The molecule has 0 radical (unpaired) electrons. The molecule has 2 unspecified atom stereocenters. The van der Waals surface area contributed by atoms with Gasteiger partial charge in [-0.2, -0.15) is 5.26 Å². The average Bonchev–Trinajstić information content (AvgIpc) is 2.13. The van der Waals surface area contributed by atoms with E-state index < -0.39 is 0 Å². The van der Waals surface area contributed by atoms with Crippen molar-refractivity contribution in [3.8, 4) is 6.07 Å². The predicted octanol–water partition coefficient (Wildman–Crippen LogP) is 0.971. The fourth-order valence-corrected chi connectivity index (χ4v) is 2.17. The smallest absolute Gasteiger partial charge is 0.109 e. The normalized spacial score (nSPS) is 41.5. The summed E-state index contributed by atoms with van der Waals surface area (Å²) in [5, 5.41) is 12.3. The van der Waals surface area contributed by atoms with Crippen LogP contribution in [-0.2, 0) is 0 Å². The van der Waals surface area contributed by atoms with Crippen LogP contribution in [0.1, 0.15) is 26.7 Å². The third-order valence-electron chi connectivity index (χ3n) is 3.37. The lowest BCUT2D eigenvalue weighted by Gasteiger charge is -2.44. The fraction of sp³-hybridized carbons (Fsp3) is 0.900. The summed E-state index contributed by atoms with van der Waals surface area (Å²) in [6, 6.07) is 3.38. The van der Waals surface area contributed by atoms with Gasteiger partial charge in [0.05, 0.1) is 6.07 Å². The summed E-state index contributed by atoms with van der Waals surface area (Å²) >= 11 is 0. The summed E-state index contributed by atoms with van der Waals surface area (Å²) in [5.74, 6) is 0. The maximum Gasteiger partial charge on any atom is 0.109 e. The van der Waals surface area contributed by atoms with Gasteiger partial charge in [0, 0.05) is 12.1 Å². The number of rotatable bonds is 1. The minimum atomic E-state index is -0.300. The molecule has 0 aromatic carbocycles. The SMILES string of the molecule is CNC1(C#N)CC(C)N(C)C(C)C1. The first-order chi connectivity index (χ1) is 6.04. The molecule has 1 aliphatic rings. The summed E-state index contributed by atoms with van der Waals surface area (Å²) in [7, 11) is 4.01. The van der Waals surface area contributed by atoms with E-state index in [0.717, 1.165) is 12.8 Å². The van der Waals surface area contributed by atoms with Crippen molar-refractivity contribution >= 4 is 0 Å². The molecular weight excluding hydrogens is 162 g/mol. The van der Waals surface area contributed by atoms with Gasteiger partial charge in [-0.05, 0) is 40.8 Å². The molecule has 0 amide bonds. The first-order valence-corrected chi connectivity index (χ1v) is 4.87. The number of likely N-dealkylation sites (tertiary alicyclic amines) is 1. The van der Waals surface area contributed by atoms with Gasteiger partial charge in [-0.15, -0.1) is 0 Å². The second kappa shape index (κ2) is 3.65. The fourth-order valence-electron chi connectivity index (χ4n) is 2.17. The molecule has 1 fully saturated rings. The number of hydrogen-bond acceptors (Lipinski definition) is 3. The van der Waals surface area contributed by atoms with Crippen LogP contribution in [-0.4, -0.2) is 36.6 Å². The highest BCUT2D eigenvalue weighted by Crippen LogP contribution is 2.29. The topological polar surface area (TPSA) is 39.1 Å². The van der Waals surface area contributed by atoms with Gasteiger partial charge < -0.3 is 10.2 Å². The van der Waals surface area contributed by atoms with E-state index in [-0.39, 0.29) is 5.54 Å². The Balaban J connectivity index is 2.79. The quantitative estimate of drug-likeness (QED) is 0.655. The van der Waals surface area contributed by atoms with Gasteiger partial charge in [0.25, 0.3) is 0 Å². The number of nitrogens with one attached hydrogen (secondary N) is 1. The Morgan fingerprint density at radius 1 is 1.38 bits per heavy atom. The monoisotopic (exact) mass is 181 g/mol. The van der Waals surface area contributed by atoms with Crippen molar-refractivity contribution in [3.05, 3.63) is 0 Å². The van der Waals surface area contributed by atoms with E-state index >= 15 is 0 Å². The lowest BCUT2D eigenvalue weighted by molar-refractivity contribution is 0.0897. The second-order valence-corrected chi connectivity index (χ2v) is 4.22. The minimum absolute atomic E-state index is 0.300. The summed E-state index contributed by atoms with van der Waals surface area (Å²) in [6.07, 6.45) is 1.84. The maximum atomic E-state index is 9.13. The Hall–Kier alpha value is -0.590. The van der Waals surface area contributed by atoms with E-state index in [1.807, 2.05) is 7.05 Å². The molecule has 74 valence electrons. The van der Waals surface area contributed by atoms with Crippen LogP contribution in [0, 0.1) is 11.3 Å². The molecule has 1 N–H and O–H groups in total. The zero-order valence-corrected chi connectivity index (χ0v) is 8.96. The molecular formula is C10H19N3. The molecule has 13 heavy (non-hydrogen) atoms. The second-order valence-electron chi connectivity index (χ2n) is 4.22. The molecule has 0 aromatic rings. The molecule has 3 nitrogen and oxygen atoms in total. The van der Waals surface area contributed by atoms with E-state index in [0.29, 0.717) is 12.1 Å². The summed E-state index contributed by atoms with van der Waals surface area (Å²) in [4.78, 5) is 2.34. The summed E-state index contributed by atoms with van der Waals surface area (Å²) in [5.41, 5.74) is -0.300. The average molecular weight is 181 g/mol. The molecule has 1 rings (SSSR count). The molecule has 3 heteroatoms. The van der Waals surface area contributed by atoms with Crippen LogP contribution in [0.15, 0.2) is 0 Å². The van der Waals surface area contributed by atoms with Crippen molar-refractivity contribution in [1.29, 1.82) is 5.26 Å². The highest BCUT2D eigenvalue weighted by Gasteiger charge is 2.39. The number of nitriles is 1. The predicted molar refractivity (Wildman–Crippen MR) is 53.3 cm³/mol. The standard InChI is InChI=1S/C10H19N3/c1-8-5-10(7-11,12-3)6-9(2)13(8)4/h8-9,12H,5-6H2,1-4H3. The van der Waals surface area contributed by atoms with Gasteiger partial charge in [0.2, 0.25) is 0 Å². The van der Waals surface area contributed by atoms with Crippen LogP contribution in [0.3, 0.4) is 0 Å². The molecule has 1 aliphatic heterocycles. The van der Waals surface area contributed by atoms with Gasteiger partial charge in [-0.25, -0.2) is 0 Å². The first-order valence-electron chi connectivity index (χ1n) is 4.87. The molecule has 1 heterocycles. The highest BCUT2D eigenvalue weighted by atomic mass is 15.2. The van der Waals surface area contributed by atoms with Crippen LogP contribution >= 0.6 is 0 Å². The Morgan fingerprint density at radius 3 is 2.15 bits per heavy atom. The molecule has 1 saturated heterocycles. The molecule has 0 aromatic heterocycles. The largest absolute Gasteiger partial charge is 0.302 e. The number of hydrogen-bond donors (Lipinski definition) is 1. The number of nitrogens with zero attached hydrogens (tertiary/aromatic N) is 2. The van der Waals surface area contributed by atoms with Gasteiger partial charge in [0.1, 0.15) is 5.54 Å². The third kappa shape index (κ3) is 1.84. The van der Waals surface area contributed by atoms with Crippen LogP contribution in [0.25, 0.3) is 0 Å².